The molecule has 6 rings (SSSR count). The van der Waals surface area contributed by atoms with Gasteiger partial charge >= 0.3 is 0 Å². The van der Waals surface area contributed by atoms with Gasteiger partial charge in [-0.3, -0.25) is 9.59 Å². The number of benzene rings is 1. The molecule has 2 aliphatic carbocycles. The van der Waals surface area contributed by atoms with Gasteiger partial charge in [0.25, 0.3) is 5.91 Å². The van der Waals surface area contributed by atoms with Crippen LogP contribution in [-0.4, -0.2) is 45.8 Å². The highest BCUT2D eigenvalue weighted by Crippen LogP contribution is 2.45. The van der Waals surface area contributed by atoms with Crippen molar-refractivity contribution < 1.29 is 14.0 Å². The van der Waals surface area contributed by atoms with Gasteiger partial charge in [-0.2, -0.15) is 4.98 Å². The predicted octanol–water partition coefficient (Wildman–Crippen LogP) is 3.90. The number of nitrogens with two attached hydrogens (primary N) is 1. The largest absolute Gasteiger partial charge is 0.369 e. The van der Waals surface area contributed by atoms with E-state index in [1.807, 2.05) is 11.4 Å². The van der Waals surface area contributed by atoms with Crippen LogP contribution in [0.2, 0.25) is 0 Å². The van der Waals surface area contributed by atoms with E-state index in [9.17, 15) is 14.0 Å². The number of halogens is 1. The first-order valence-electron chi connectivity index (χ1n) is 11.8. The first-order valence-corrected chi connectivity index (χ1v) is 12.7. The summed E-state index contributed by atoms with van der Waals surface area (Å²) in [6.07, 6.45) is 7.00. The van der Waals surface area contributed by atoms with Gasteiger partial charge in [0.15, 0.2) is 0 Å². The number of likely N-dealkylation sites (tertiary alicyclic amines) is 1. The van der Waals surface area contributed by atoms with E-state index in [4.69, 9.17) is 10.7 Å². The first-order chi connectivity index (χ1) is 17.0. The number of nitrogens with one attached hydrogen (secondary N) is 2. The van der Waals surface area contributed by atoms with Crippen molar-refractivity contribution in [2.75, 3.05) is 23.7 Å². The molecule has 2 aromatic heterocycles. The quantitative estimate of drug-likeness (QED) is 0.450. The van der Waals surface area contributed by atoms with Crippen molar-refractivity contribution in [2.24, 2.45) is 23.5 Å². The molecule has 1 saturated carbocycles. The summed E-state index contributed by atoms with van der Waals surface area (Å²) in [6, 6.07) is 6.12. The standard InChI is InChI=1S/C25H25FN6O2S/c26-17-6-5-15(12-16(17)24(34)32-8-1-2-9-32)28-25-29-18-7-10-35-21(18)23(31-25)30-20-14-4-3-13(11-14)19(20)22(27)33/h3-7,10,12-14,19-20H,1-2,8-9,11H2,(H2,27,33)(H2,28,29,30,31)/t13-,14+,19+,20-/m1/s1. The van der Waals surface area contributed by atoms with Gasteiger partial charge in [-0.1, -0.05) is 12.2 Å². The number of aromatic nitrogens is 2. The number of carbonyl (C=O) groups is 2. The van der Waals surface area contributed by atoms with E-state index < -0.39 is 5.82 Å². The van der Waals surface area contributed by atoms with Crippen LogP contribution >= 0.6 is 11.3 Å². The van der Waals surface area contributed by atoms with Crippen LogP contribution < -0.4 is 16.4 Å². The lowest BCUT2D eigenvalue weighted by atomic mass is 9.88. The molecule has 1 saturated heterocycles. The lowest BCUT2D eigenvalue weighted by Gasteiger charge is -2.27. The van der Waals surface area contributed by atoms with Crippen LogP contribution in [0.15, 0.2) is 41.8 Å². The van der Waals surface area contributed by atoms with Gasteiger partial charge < -0.3 is 21.3 Å². The molecule has 1 aliphatic heterocycles. The minimum absolute atomic E-state index is 0.0323. The third kappa shape index (κ3) is 3.91. The molecule has 4 atom stereocenters. The maximum absolute atomic E-state index is 14.5. The normalized spacial score (nSPS) is 24.9. The van der Waals surface area contributed by atoms with E-state index in [1.165, 1.54) is 23.5 Å². The van der Waals surface area contributed by atoms with Gasteiger partial charge in [0.05, 0.1) is 21.7 Å². The number of anilines is 3. The second-order valence-electron chi connectivity index (χ2n) is 9.40. The fraction of sp³-hybridized carbons (Fsp3) is 0.360. The van der Waals surface area contributed by atoms with Gasteiger partial charge in [-0.25, -0.2) is 9.37 Å². The zero-order valence-corrected chi connectivity index (χ0v) is 19.7. The Morgan fingerprint density at radius 2 is 1.91 bits per heavy atom. The molecule has 35 heavy (non-hydrogen) atoms. The molecule has 8 nitrogen and oxygen atoms in total. The SMILES string of the molecule is NC(=O)[C@@H]1[C@H](Nc2nc(Nc3ccc(F)c(C(=O)N4CCCC4)c3)nc3ccsc23)[C@H]2C=C[C@@H]1C2. The van der Waals surface area contributed by atoms with Crippen molar-refractivity contribution >= 4 is 50.8 Å². The predicted molar refractivity (Wildman–Crippen MR) is 133 cm³/mol. The highest BCUT2D eigenvalue weighted by molar-refractivity contribution is 7.17. The number of nitrogens with zero attached hydrogens (tertiary/aromatic N) is 3. The minimum Gasteiger partial charge on any atom is -0.369 e. The van der Waals surface area contributed by atoms with Gasteiger partial charge in [-0.15, -0.1) is 11.3 Å². The molecule has 2 amide bonds. The second-order valence-corrected chi connectivity index (χ2v) is 10.3. The minimum atomic E-state index is -0.550. The number of thiophene rings is 1. The Morgan fingerprint density at radius 1 is 1.11 bits per heavy atom. The van der Waals surface area contributed by atoms with Crippen molar-refractivity contribution in [1.82, 2.24) is 14.9 Å². The zero-order chi connectivity index (χ0) is 24.1. The molecule has 3 aliphatic rings. The summed E-state index contributed by atoms with van der Waals surface area (Å²) in [5.74, 6) is -0.139. The molecule has 3 heterocycles. The molecule has 10 heteroatoms. The molecule has 180 valence electrons. The summed E-state index contributed by atoms with van der Waals surface area (Å²) in [4.78, 5) is 35.9. The number of carbonyl (C=O) groups excluding carboxylic acids is 2. The lowest BCUT2D eigenvalue weighted by Crippen LogP contribution is -2.41. The van der Waals surface area contributed by atoms with Crippen molar-refractivity contribution in [3.05, 3.63) is 53.2 Å². The Labute approximate surface area is 205 Å². The maximum atomic E-state index is 14.5. The number of hydrogen-bond donors (Lipinski definition) is 3. The van der Waals surface area contributed by atoms with E-state index in [2.05, 4.69) is 27.8 Å². The number of primary amides is 1. The third-order valence-electron chi connectivity index (χ3n) is 7.24. The van der Waals surface area contributed by atoms with Crippen LogP contribution in [0.5, 0.6) is 0 Å². The average molecular weight is 493 g/mol. The maximum Gasteiger partial charge on any atom is 0.256 e. The third-order valence-corrected chi connectivity index (χ3v) is 8.15. The van der Waals surface area contributed by atoms with E-state index >= 15 is 0 Å². The number of allylic oxidation sites excluding steroid dienone is 1. The lowest BCUT2D eigenvalue weighted by molar-refractivity contribution is -0.122. The first kappa shape index (κ1) is 22.0. The number of amides is 2. The van der Waals surface area contributed by atoms with Crippen LogP contribution in [0.4, 0.5) is 21.8 Å². The van der Waals surface area contributed by atoms with Crippen LogP contribution in [0.1, 0.15) is 29.6 Å². The van der Waals surface area contributed by atoms with E-state index in [0.717, 1.165) is 29.5 Å². The molecule has 0 radical (unpaired) electrons. The van der Waals surface area contributed by atoms with Crippen molar-refractivity contribution in [1.29, 1.82) is 0 Å². The summed E-state index contributed by atoms with van der Waals surface area (Å²) in [5.41, 5.74) is 7.03. The van der Waals surface area contributed by atoms with Crippen LogP contribution in [-0.2, 0) is 4.79 Å². The molecule has 2 fully saturated rings. The number of hydrogen-bond acceptors (Lipinski definition) is 7. The zero-order valence-electron chi connectivity index (χ0n) is 18.9. The number of rotatable bonds is 6. The van der Waals surface area contributed by atoms with Crippen LogP contribution in [0.3, 0.4) is 0 Å². The van der Waals surface area contributed by atoms with Gasteiger partial charge in [-0.05, 0) is 60.7 Å². The number of fused-ring (bicyclic) bond motifs is 3. The topological polar surface area (TPSA) is 113 Å². The van der Waals surface area contributed by atoms with E-state index in [-0.39, 0.29) is 41.2 Å². The monoisotopic (exact) mass is 492 g/mol. The summed E-state index contributed by atoms with van der Waals surface area (Å²) in [7, 11) is 0. The van der Waals surface area contributed by atoms with E-state index in [0.29, 0.717) is 30.5 Å². The van der Waals surface area contributed by atoms with Gasteiger partial charge in [0, 0.05) is 24.8 Å². The molecule has 2 bridgehead atoms. The van der Waals surface area contributed by atoms with Crippen molar-refractivity contribution in [3.8, 4) is 0 Å². The molecular weight excluding hydrogens is 467 g/mol. The Balaban J connectivity index is 1.30. The fourth-order valence-electron chi connectivity index (χ4n) is 5.57. The highest BCUT2D eigenvalue weighted by atomic mass is 32.1. The summed E-state index contributed by atoms with van der Waals surface area (Å²) < 4.78 is 15.4. The van der Waals surface area contributed by atoms with Crippen molar-refractivity contribution in [3.63, 3.8) is 0 Å². The summed E-state index contributed by atoms with van der Waals surface area (Å²) in [6.45, 7) is 1.29. The Hall–Kier alpha value is -3.53. The molecule has 0 unspecified atom stereocenters. The highest BCUT2D eigenvalue weighted by Gasteiger charge is 2.47. The van der Waals surface area contributed by atoms with Crippen LogP contribution in [0, 0.1) is 23.6 Å². The molecule has 4 N–H and O–H groups in total. The van der Waals surface area contributed by atoms with Crippen molar-refractivity contribution in [2.45, 2.75) is 25.3 Å². The Bertz CT molecular complexity index is 1350. The summed E-state index contributed by atoms with van der Waals surface area (Å²) >= 11 is 1.52. The summed E-state index contributed by atoms with van der Waals surface area (Å²) in [5, 5.41) is 8.55. The fourth-order valence-corrected chi connectivity index (χ4v) is 6.35. The van der Waals surface area contributed by atoms with E-state index in [1.54, 1.807) is 11.0 Å². The smallest absolute Gasteiger partial charge is 0.256 e. The molecule has 3 aromatic rings. The van der Waals surface area contributed by atoms with Crippen LogP contribution in [0.25, 0.3) is 10.2 Å². The molecule has 1 aromatic carbocycles. The second kappa shape index (κ2) is 8.60. The molecule has 0 spiro atoms. The van der Waals surface area contributed by atoms with Gasteiger partial charge in [0.2, 0.25) is 11.9 Å². The molecular formula is C25H25FN6O2S. The van der Waals surface area contributed by atoms with Gasteiger partial charge in [0.1, 0.15) is 11.6 Å². The Morgan fingerprint density at radius 3 is 2.71 bits per heavy atom. The Kier molecular flexibility index (Phi) is 5.40. The average Bonchev–Trinajstić information content (AvgIpc) is 3.64.